The van der Waals surface area contributed by atoms with Crippen LogP contribution in [-0.2, 0) is 14.3 Å². The Labute approximate surface area is 158 Å². The monoisotopic (exact) mass is 391 g/mol. The van der Waals surface area contributed by atoms with Crippen molar-refractivity contribution < 1.29 is 28.6 Å². The summed E-state index contributed by atoms with van der Waals surface area (Å²) in [4.78, 5) is 35.4. The van der Waals surface area contributed by atoms with Crippen molar-refractivity contribution in [2.45, 2.75) is 13.0 Å². The number of nitrogens with zero attached hydrogens (tertiary/aromatic N) is 3. The van der Waals surface area contributed by atoms with E-state index in [1.54, 1.807) is 0 Å². The van der Waals surface area contributed by atoms with Crippen LogP contribution in [0.15, 0.2) is 30.5 Å². The molecule has 1 saturated heterocycles. The Morgan fingerprint density at radius 2 is 2.18 bits per heavy atom. The molecule has 1 fully saturated rings. The predicted octanol–water partition coefficient (Wildman–Crippen LogP) is 0.403. The van der Waals surface area contributed by atoms with Gasteiger partial charge in [-0.25, -0.2) is 13.9 Å². The first-order valence-corrected chi connectivity index (χ1v) is 8.36. The first kappa shape index (κ1) is 19.3. The Balaban J connectivity index is 1.73. The number of aliphatic hydroxyl groups is 1. The van der Waals surface area contributed by atoms with Gasteiger partial charge >= 0.3 is 6.09 Å². The molecule has 1 aromatic carbocycles. The van der Waals surface area contributed by atoms with Gasteiger partial charge in [0, 0.05) is 19.2 Å². The Morgan fingerprint density at radius 3 is 2.86 bits per heavy atom. The van der Waals surface area contributed by atoms with E-state index in [0.717, 1.165) is 0 Å². The van der Waals surface area contributed by atoms with E-state index in [9.17, 15) is 18.8 Å². The number of nitrogens with one attached hydrogen (secondary N) is 2. The number of halogens is 1. The van der Waals surface area contributed by atoms with Gasteiger partial charge in [-0.15, -0.1) is 5.10 Å². The zero-order valence-corrected chi connectivity index (χ0v) is 14.9. The standard InChI is InChI=1S/C17H18FN5O5/c1-10(25)19-7-12-8-22(17(27)28-12)11-2-3-14(13(18)6-11)23-5-4-15(21-23)20-16(26)9-24/h2-6,12,24H,7-9H2,1H3,(H,19,25)(H,20,21,26)/t12-/m0/s1. The average molecular weight is 391 g/mol. The average Bonchev–Trinajstić information content (AvgIpc) is 3.26. The van der Waals surface area contributed by atoms with Gasteiger partial charge in [0.25, 0.3) is 5.91 Å². The lowest BCUT2D eigenvalue weighted by Crippen LogP contribution is -2.33. The number of aliphatic hydroxyl groups excluding tert-OH is 1. The molecule has 0 saturated carbocycles. The van der Waals surface area contributed by atoms with E-state index in [1.807, 2.05) is 0 Å². The second-order valence-electron chi connectivity index (χ2n) is 6.04. The number of anilines is 2. The smallest absolute Gasteiger partial charge is 0.414 e. The van der Waals surface area contributed by atoms with Gasteiger partial charge in [0.1, 0.15) is 18.4 Å². The number of benzene rings is 1. The molecule has 2 heterocycles. The highest BCUT2D eigenvalue weighted by Crippen LogP contribution is 2.25. The van der Waals surface area contributed by atoms with Gasteiger partial charge in [0.05, 0.1) is 18.8 Å². The molecule has 3 amide bonds. The normalized spacial score (nSPS) is 16.0. The molecule has 3 N–H and O–H groups in total. The molecule has 28 heavy (non-hydrogen) atoms. The lowest BCUT2D eigenvalue weighted by atomic mass is 10.2. The minimum Gasteiger partial charge on any atom is -0.442 e. The Kier molecular flexibility index (Phi) is 5.54. The van der Waals surface area contributed by atoms with Gasteiger partial charge < -0.3 is 20.5 Å². The van der Waals surface area contributed by atoms with Gasteiger partial charge in [-0.3, -0.25) is 14.5 Å². The minimum atomic E-state index is -0.690. The van der Waals surface area contributed by atoms with Crippen molar-refractivity contribution in [2.75, 3.05) is 29.9 Å². The second kappa shape index (κ2) is 8.05. The lowest BCUT2D eigenvalue weighted by molar-refractivity contribution is -0.119. The molecule has 3 rings (SSSR count). The van der Waals surface area contributed by atoms with Gasteiger partial charge in [0.2, 0.25) is 5.91 Å². The van der Waals surface area contributed by atoms with Crippen molar-refractivity contribution in [1.82, 2.24) is 15.1 Å². The fraction of sp³-hybridized carbons (Fsp3) is 0.294. The zero-order chi connectivity index (χ0) is 20.3. The summed E-state index contributed by atoms with van der Waals surface area (Å²) in [5.74, 6) is -1.36. The van der Waals surface area contributed by atoms with E-state index in [0.29, 0.717) is 5.69 Å². The second-order valence-corrected chi connectivity index (χ2v) is 6.04. The molecule has 1 aliphatic rings. The number of ether oxygens (including phenoxy) is 1. The highest BCUT2D eigenvalue weighted by atomic mass is 19.1. The molecule has 148 valence electrons. The Morgan fingerprint density at radius 1 is 1.39 bits per heavy atom. The number of cyclic esters (lactones) is 1. The van der Waals surface area contributed by atoms with Gasteiger partial charge in [-0.05, 0) is 18.2 Å². The van der Waals surface area contributed by atoms with Crippen molar-refractivity contribution in [2.24, 2.45) is 0 Å². The number of carbonyl (C=O) groups is 3. The van der Waals surface area contributed by atoms with Crippen LogP contribution >= 0.6 is 0 Å². The van der Waals surface area contributed by atoms with Crippen molar-refractivity contribution in [1.29, 1.82) is 0 Å². The van der Waals surface area contributed by atoms with Crippen molar-refractivity contribution in [3.05, 3.63) is 36.3 Å². The van der Waals surface area contributed by atoms with Gasteiger partial charge in [-0.1, -0.05) is 0 Å². The third-order valence-corrected chi connectivity index (χ3v) is 3.94. The van der Waals surface area contributed by atoms with E-state index in [-0.39, 0.29) is 30.5 Å². The SMILES string of the molecule is CC(=O)NC[C@H]1CN(c2ccc(-n3ccc(NC(=O)CO)n3)c(F)c2)C(=O)O1. The molecule has 1 atom stereocenters. The molecule has 1 aromatic heterocycles. The van der Waals surface area contributed by atoms with Crippen molar-refractivity contribution in [3.63, 3.8) is 0 Å². The lowest BCUT2D eigenvalue weighted by Gasteiger charge is -2.14. The molecule has 0 radical (unpaired) electrons. The third kappa shape index (κ3) is 4.26. The zero-order valence-electron chi connectivity index (χ0n) is 14.9. The van der Waals surface area contributed by atoms with Crippen LogP contribution < -0.4 is 15.5 Å². The molecule has 2 aromatic rings. The first-order valence-electron chi connectivity index (χ1n) is 8.36. The minimum absolute atomic E-state index is 0.107. The number of carbonyl (C=O) groups excluding carboxylic acids is 3. The van der Waals surface area contributed by atoms with Crippen LogP contribution in [0.3, 0.4) is 0 Å². The molecule has 0 spiro atoms. The molecular formula is C17H18FN5O5. The topological polar surface area (TPSA) is 126 Å². The summed E-state index contributed by atoms with van der Waals surface area (Å²) in [5, 5.41) is 17.7. The number of hydrogen-bond donors (Lipinski definition) is 3. The maximum Gasteiger partial charge on any atom is 0.414 e. The molecule has 11 heteroatoms. The van der Waals surface area contributed by atoms with Crippen LogP contribution in [0.5, 0.6) is 0 Å². The first-order chi connectivity index (χ1) is 13.4. The van der Waals surface area contributed by atoms with E-state index in [2.05, 4.69) is 15.7 Å². The maximum atomic E-state index is 14.6. The summed E-state index contributed by atoms with van der Waals surface area (Å²) >= 11 is 0. The Bertz CT molecular complexity index is 915. The third-order valence-electron chi connectivity index (χ3n) is 3.94. The van der Waals surface area contributed by atoms with Crippen LogP contribution in [0, 0.1) is 5.82 Å². The van der Waals surface area contributed by atoms with Crippen LogP contribution in [0.2, 0.25) is 0 Å². The molecule has 1 aliphatic heterocycles. The molecule has 0 bridgehead atoms. The highest BCUT2D eigenvalue weighted by Gasteiger charge is 2.32. The number of rotatable bonds is 6. The molecule has 0 unspecified atom stereocenters. The van der Waals surface area contributed by atoms with E-state index in [4.69, 9.17) is 9.84 Å². The van der Waals surface area contributed by atoms with Crippen LogP contribution in [0.4, 0.5) is 20.7 Å². The number of amides is 3. The number of hydrogen-bond acceptors (Lipinski definition) is 6. The summed E-state index contributed by atoms with van der Waals surface area (Å²) in [5.41, 5.74) is 0.410. The van der Waals surface area contributed by atoms with E-state index >= 15 is 0 Å². The van der Waals surface area contributed by atoms with Crippen LogP contribution in [0.1, 0.15) is 6.92 Å². The fourth-order valence-electron chi connectivity index (χ4n) is 2.65. The number of aromatic nitrogens is 2. The molecular weight excluding hydrogens is 373 g/mol. The quantitative estimate of drug-likeness (QED) is 0.655. The summed E-state index contributed by atoms with van der Waals surface area (Å²) < 4.78 is 21.0. The van der Waals surface area contributed by atoms with Crippen molar-refractivity contribution in [3.8, 4) is 5.69 Å². The van der Waals surface area contributed by atoms with Crippen molar-refractivity contribution >= 4 is 29.4 Å². The maximum absolute atomic E-state index is 14.6. The summed E-state index contributed by atoms with van der Waals surface area (Å²) in [6.07, 6.45) is 0.289. The van der Waals surface area contributed by atoms with Gasteiger partial charge in [-0.2, -0.15) is 0 Å². The molecule has 0 aliphatic carbocycles. The van der Waals surface area contributed by atoms with Gasteiger partial charge in [0.15, 0.2) is 11.6 Å². The van der Waals surface area contributed by atoms with E-state index in [1.165, 1.54) is 47.0 Å². The fourth-order valence-corrected chi connectivity index (χ4v) is 2.65. The highest BCUT2D eigenvalue weighted by molar-refractivity contribution is 5.91. The van der Waals surface area contributed by atoms with Crippen LogP contribution in [0.25, 0.3) is 5.69 Å². The van der Waals surface area contributed by atoms with E-state index < -0.39 is 30.5 Å². The summed E-state index contributed by atoms with van der Waals surface area (Å²) in [6.45, 7) is 1.02. The largest absolute Gasteiger partial charge is 0.442 e. The summed E-state index contributed by atoms with van der Waals surface area (Å²) in [7, 11) is 0. The van der Waals surface area contributed by atoms with Crippen LogP contribution in [-0.4, -0.2) is 58.6 Å². The Hall–Kier alpha value is -3.47. The predicted molar refractivity (Wildman–Crippen MR) is 95.5 cm³/mol. The molecule has 10 nitrogen and oxygen atoms in total. The summed E-state index contributed by atoms with van der Waals surface area (Å²) in [6, 6.07) is 5.59.